The molecule has 1 aliphatic rings. The fraction of sp³-hybridized carbons (Fsp3) is 0.519. The molecule has 0 aromatic heterocycles. The van der Waals surface area contributed by atoms with Crippen LogP contribution in [0.1, 0.15) is 70.3 Å². The first-order valence-corrected chi connectivity index (χ1v) is 11.8. The summed E-state index contributed by atoms with van der Waals surface area (Å²) >= 11 is 0. The van der Waals surface area contributed by atoms with Crippen LogP contribution in [0, 0.1) is 0 Å². The molecule has 2 aromatic rings. The van der Waals surface area contributed by atoms with E-state index in [2.05, 4.69) is 6.92 Å². The second-order valence-electron chi connectivity index (χ2n) is 8.67. The van der Waals surface area contributed by atoms with Crippen molar-refractivity contribution in [3.05, 3.63) is 54.1 Å². The van der Waals surface area contributed by atoms with Gasteiger partial charge in [0.1, 0.15) is 11.9 Å². The number of benzene rings is 2. The molecule has 0 heterocycles. The quantitative estimate of drug-likeness (QED) is 0.332. The van der Waals surface area contributed by atoms with Crippen molar-refractivity contribution in [2.45, 2.75) is 76.4 Å². The maximum Gasteiger partial charge on any atom is 0.508 e. The monoisotopic (exact) mass is 440 g/mol. The average Bonchev–Trinajstić information content (AvgIpc) is 2.83. The molecule has 0 radical (unpaired) electrons. The number of rotatable bonds is 10. The molecule has 0 aliphatic heterocycles. The molecule has 32 heavy (non-hydrogen) atoms. The Bertz CT molecular complexity index is 820. The van der Waals surface area contributed by atoms with Crippen molar-refractivity contribution in [3.8, 4) is 16.9 Å². The predicted molar refractivity (Wildman–Crippen MR) is 126 cm³/mol. The van der Waals surface area contributed by atoms with E-state index in [0.717, 1.165) is 35.3 Å². The Balaban J connectivity index is 1.45. The Morgan fingerprint density at radius 1 is 0.938 bits per heavy atom. The summed E-state index contributed by atoms with van der Waals surface area (Å²) in [7, 11) is 1.66. The second-order valence-corrected chi connectivity index (χ2v) is 8.67. The molecule has 0 bridgehead atoms. The third kappa shape index (κ3) is 6.73. The van der Waals surface area contributed by atoms with Gasteiger partial charge in [-0.3, -0.25) is 0 Å². The molecular weight excluding hydrogens is 404 g/mol. The van der Waals surface area contributed by atoms with E-state index in [0.29, 0.717) is 32.3 Å². The van der Waals surface area contributed by atoms with Crippen molar-refractivity contribution in [2.75, 3.05) is 13.7 Å². The summed E-state index contributed by atoms with van der Waals surface area (Å²) in [4.78, 5) is 11.9. The third-order valence-electron chi connectivity index (χ3n) is 6.34. The van der Waals surface area contributed by atoms with Gasteiger partial charge in [0, 0.05) is 0 Å². The zero-order chi connectivity index (χ0) is 22.8. The minimum Gasteiger partial charge on any atom is -0.497 e. The molecule has 2 aromatic carbocycles. The van der Waals surface area contributed by atoms with Gasteiger partial charge in [-0.2, -0.15) is 0 Å². The molecule has 5 heteroatoms. The van der Waals surface area contributed by atoms with Crippen LogP contribution in [-0.2, 0) is 15.1 Å². The van der Waals surface area contributed by atoms with Crippen LogP contribution in [0.3, 0.4) is 0 Å². The summed E-state index contributed by atoms with van der Waals surface area (Å²) in [6, 6.07) is 16.0. The van der Waals surface area contributed by atoms with Gasteiger partial charge < -0.3 is 19.3 Å². The topological polar surface area (TPSA) is 65.0 Å². The van der Waals surface area contributed by atoms with E-state index in [1.807, 2.05) is 48.5 Å². The SMILES string of the molecule is CCCCCCCOC(=O)OC1CCC(O)(c2ccc(-c3ccc(OC)cc3)cc2)CC1. The Morgan fingerprint density at radius 2 is 1.53 bits per heavy atom. The summed E-state index contributed by atoms with van der Waals surface area (Å²) in [5.41, 5.74) is 2.21. The minimum absolute atomic E-state index is 0.193. The van der Waals surface area contributed by atoms with Crippen LogP contribution in [0.25, 0.3) is 11.1 Å². The van der Waals surface area contributed by atoms with Gasteiger partial charge in [-0.25, -0.2) is 4.79 Å². The number of carbonyl (C=O) groups is 1. The lowest BCUT2D eigenvalue weighted by Crippen LogP contribution is -2.35. The summed E-state index contributed by atoms with van der Waals surface area (Å²) < 4.78 is 15.9. The highest BCUT2D eigenvalue weighted by molar-refractivity contribution is 5.64. The number of hydrogen-bond donors (Lipinski definition) is 1. The van der Waals surface area contributed by atoms with E-state index in [4.69, 9.17) is 14.2 Å². The van der Waals surface area contributed by atoms with Crippen molar-refractivity contribution in [3.63, 3.8) is 0 Å². The van der Waals surface area contributed by atoms with E-state index in [1.54, 1.807) is 7.11 Å². The largest absolute Gasteiger partial charge is 0.508 e. The normalized spacial score (nSPS) is 20.5. The van der Waals surface area contributed by atoms with Gasteiger partial charge in [-0.15, -0.1) is 0 Å². The Hall–Kier alpha value is -2.53. The van der Waals surface area contributed by atoms with Crippen LogP contribution in [0.2, 0.25) is 0 Å². The van der Waals surface area contributed by atoms with Crippen LogP contribution in [0.15, 0.2) is 48.5 Å². The Labute approximate surface area is 191 Å². The van der Waals surface area contributed by atoms with Gasteiger partial charge in [-0.1, -0.05) is 69.0 Å². The number of aliphatic hydroxyl groups is 1. The molecule has 0 atom stereocenters. The summed E-state index contributed by atoms with van der Waals surface area (Å²) in [5, 5.41) is 11.2. The molecule has 0 amide bonds. The van der Waals surface area contributed by atoms with E-state index in [-0.39, 0.29) is 6.10 Å². The zero-order valence-electron chi connectivity index (χ0n) is 19.3. The lowest BCUT2D eigenvalue weighted by molar-refractivity contribution is -0.0538. The molecule has 1 fully saturated rings. The van der Waals surface area contributed by atoms with Crippen LogP contribution in [0.5, 0.6) is 5.75 Å². The van der Waals surface area contributed by atoms with E-state index in [9.17, 15) is 9.90 Å². The number of unbranched alkanes of at least 4 members (excludes halogenated alkanes) is 4. The number of hydrogen-bond acceptors (Lipinski definition) is 5. The number of methoxy groups -OCH3 is 1. The first-order chi connectivity index (χ1) is 15.5. The van der Waals surface area contributed by atoms with Crippen LogP contribution < -0.4 is 4.74 Å². The highest BCUT2D eigenvalue weighted by Crippen LogP contribution is 2.38. The summed E-state index contributed by atoms with van der Waals surface area (Å²) in [5.74, 6) is 0.828. The molecule has 0 spiro atoms. The number of ether oxygens (including phenoxy) is 3. The number of carbonyl (C=O) groups excluding carboxylic acids is 1. The molecule has 1 saturated carbocycles. The van der Waals surface area contributed by atoms with Crippen LogP contribution in [-0.4, -0.2) is 31.1 Å². The fourth-order valence-electron chi connectivity index (χ4n) is 4.26. The van der Waals surface area contributed by atoms with Gasteiger partial charge in [0.05, 0.1) is 19.3 Å². The first-order valence-electron chi connectivity index (χ1n) is 11.8. The highest BCUT2D eigenvalue weighted by atomic mass is 16.7. The molecule has 5 nitrogen and oxygen atoms in total. The fourth-order valence-corrected chi connectivity index (χ4v) is 4.26. The molecule has 3 rings (SSSR count). The predicted octanol–water partition coefficient (Wildman–Crippen LogP) is 6.62. The third-order valence-corrected chi connectivity index (χ3v) is 6.34. The van der Waals surface area contributed by atoms with Gasteiger partial charge in [-0.05, 0) is 60.9 Å². The van der Waals surface area contributed by atoms with Crippen molar-refractivity contribution in [2.24, 2.45) is 0 Å². The lowest BCUT2D eigenvalue weighted by Gasteiger charge is -2.36. The smallest absolute Gasteiger partial charge is 0.497 e. The van der Waals surface area contributed by atoms with Crippen molar-refractivity contribution in [1.82, 2.24) is 0 Å². The lowest BCUT2D eigenvalue weighted by atomic mass is 9.78. The van der Waals surface area contributed by atoms with Gasteiger partial charge >= 0.3 is 6.16 Å². The first kappa shape index (κ1) is 24.1. The molecule has 0 unspecified atom stereocenters. The zero-order valence-corrected chi connectivity index (χ0v) is 19.3. The minimum atomic E-state index is -0.887. The highest BCUT2D eigenvalue weighted by Gasteiger charge is 2.36. The Kier molecular flexibility index (Phi) is 8.98. The Morgan fingerprint density at radius 3 is 2.12 bits per heavy atom. The molecule has 1 aliphatic carbocycles. The van der Waals surface area contributed by atoms with E-state index in [1.165, 1.54) is 19.3 Å². The van der Waals surface area contributed by atoms with Gasteiger partial charge in [0.25, 0.3) is 0 Å². The van der Waals surface area contributed by atoms with Gasteiger partial charge in [0.15, 0.2) is 0 Å². The van der Waals surface area contributed by atoms with Crippen molar-refractivity contribution < 1.29 is 24.1 Å². The standard InChI is InChI=1S/C27H36O5/c1-3-4-5-6-7-20-31-26(28)32-25-16-18-27(29,19-17-25)23-12-8-21(9-13-23)22-10-14-24(30-2)15-11-22/h8-15,25,29H,3-7,16-20H2,1-2H3. The van der Waals surface area contributed by atoms with Crippen LogP contribution in [0.4, 0.5) is 4.79 Å². The van der Waals surface area contributed by atoms with Gasteiger partial charge in [0.2, 0.25) is 0 Å². The van der Waals surface area contributed by atoms with Crippen molar-refractivity contribution in [1.29, 1.82) is 0 Å². The van der Waals surface area contributed by atoms with E-state index >= 15 is 0 Å². The van der Waals surface area contributed by atoms with Crippen molar-refractivity contribution >= 4 is 6.16 Å². The van der Waals surface area contributed by atoms with Crippen LogP contribution >= 0.6 is 0 Å². The second kappa shape index (κ2) is 11.9. The molecular formula is C27H36O5. The van der Waals surface area contributed by atoms with E-state index < -0.39 is 11.8 Å². The molecule has 1 N–H and O–H groups in total. The maximum atomic E-state index is 11.9. The summed E-state index contributed by atoms with van der Waals surface area (Å²) in [6.45, 7) is 2.59. The maximum absolute atomic E-state index is 11.9. The summed E-state index contributed by atoms with van der Waals surface area (Å²) in [6.07, 6.45) is 7.15. The average molecular weight is 441 g/mol. The molecule has 174 valence electrons. The molecule has 0 saturated heterocycles.